The van der Waals surface area contributed by atoms with Crippen LogP contribution in [0.5, 0.6) is 0 Å². The molecule has 0 aromatic heterocycles. The topological polar surface area (TPSA) is 116 Å². The maximum absolute atomic E-state index is 13.0. The van der Waals surface area contributed by atoms with Gasteiger partial charge in [0, 0.05) is 24.1 Å². The zero-order valence-electron chi connectivity index (χ0n) is 19.0. The molecule has 4 N–H and O–H groups in total. The molecule has 2 aromatic carbocycles. The molecule has 0 bridgehead atoms. The lowest BCUT2D eigenvalue weighted by Crippen LogP contribution is -2.63. The largest absolute Gasteiger partial charge is 0.353 e. The molecule has 8 nitrogen and oxygen atoms in total. The van der Waals surface area contributed by atoms with Crippen LogP contribution in [-0.4, -0.2) is 52.0 Å². The summed E-state index contributed by atoms with van der Waals surface area (Å²) in [6.07, 6.45) is 2.31. The second-order valence-electron chi connectivity index (χ2n) is 8.02. The number of piperidine rings is 1. The number of benzene rings is 2. The van der Waals surface area contributed by atoms with Crippen LogP contribution in [0.25, 0.3) is 0 Å². The van der Waals surface area contributed by atoms with Gasteiger partial charge in [-0.1, -0.05) is 47.7 Å². The number of rotatable bonds is 10. The quantitative estimate of drug-likeness (QED) is 0.224. The summed E-state index contributed by atoms with van der Waals surface area (Å²) >= 11 is 1.42. The zero-order valence-corrected chi connectivity index (χ0v) is 20.7. The van der Waals surface area contributed by atoms with E-state index in [0.29, 0.717) is 25.9 Å². The fraction of sp³-hybridized carbons (Fsp3) is 0.333. The molecule has 0 aliphatic carbocycles. The van der Waals surface area contributed by atoms with Crippen LogP contribution < -0.4 is 20.7 Å². The average Bonchev–Trinajstić information content (AvgIpc) is 2.83. The van der Waals surface area contributed by atoms with Gasteiger partial charge in [0.15, 0.2) is 0 Å². The first kappa shape index (κ1) is 26.0. The predicted molar refractivity (Wildman–Crippen MR) is 134 cm³/mol. The normalized spacial score (nSPS) is 15.7. The van der Waals surface area contributed by atoms with E-state index in [-0.39, 0.29) is 29.8 Å². The van der Waals surface area contributed by atoms with Gasteiger partial charge in [0.05, 0.1) is 4.90 Å². The predicted octanol–water partition coefficient (Wildman–Crippen LogP) is 1.93. The number of sulfonamides is 1. The molecule has 2 amide bonds. The van der Waals surface area contributed by atoms with Crippen molar-refractivity contribution in [3.05, 3.63) is 71.6 Å². The molecule has 1 saturated heterocycles. The van der Waals surface area contributed by atoms with E-state index in [0.717, 1.165) is 10.5 Å². The summed E-state index contributed by atoms with van der Waals surface area (Å²) in [7, 11) is -3.66. The van der Waals surface area contributed by atoms with Gasteiger partial charge in [0.25, 0.3) is 0 Å². The number of carbonyl (C=O) groups excluding carboxylic acids is 2. The van der Waals surface area contributed by atoms with E-state index in [1.807, 2.05) is 37.3 Å². The minimum Gasteiger partial charge on any atom is -0.353 e. The molecule has 1 aliphatic heterocycles. The van der Waals surface area contributed by atoms with Gasteiger partial charge in [-0.25, -0.2) is 13.1 Å². The van der Waals surface area contributed by atoms with E-state index in [1.165, 1.54) is 17.8 Å². The van der Waals surface area contributed by atoms with Gasteiger partial charge < -0.3 is 16.0 Å². The third-order valence-electron chi connectivity index (χ3n) is 5.45. The van der Waals surface area contributed by atoms with Gasteiger partial charge in [-0.3, -0.25) is 9.59 Å². The Kier molecular flexibility index (Phi) is 9.28. The Morgan fingerprint density at radius 3 is 2.38 bits per heavy atom. The standard InChI is InChI=1S/C24H30N4O4S2/c1-19-7-9-21(10-8-19)34(31,32)27-17-16-26-23(30)24(12-14-25-15-13-24)28-22(29)11-18-33-20-5-3-2-4-6-20/h2-11,18,25,27H,12-17H2,1H3,(H,26,30)(H,28,29)/b18-11+. The van der Waals surface area contributed by atoms with Gasteiger partial charge in [-0.05, 0) is 62.5 Å². The van der Waals surface area contributed by atoms with Crippen molar-refractivity contribution >= 4 is 33.6 Å². The van der Waals surface area contributed by atoms with Gasteiger partial charge in [0.2, 0.25) is 21.8 Å². The summed E-state index contributed by atoms with van der Waals surface area (Å²) in [4.78, 5) is 26.8. The molecule has 2 aromatic rings. The SMILES string of the molecule is Cc1ccc(S(=O)(=O)NCCNC(=O)C2(NC(=O)/C=C/Sc3ccccc3)CCNCC2)cc1. The van der Waals surface area contributed by atoms with Crippen LogP contribution in [0.1, 0.15) is 18.4 Å². The molecule has 1 fully saturated rings. The molecule has 0 unspecified atom stereocenters. The van der Waals surface area contributed by atoms with Crippen molar-refractivity contribution in [1.29, 1.82) is 0 Å². The fourth-order valence-electron chi connectivity index (χ4n) is 3.54. The van der Waals surface area contributed by atoms with Crippen LogP contribution in [-0.2, 0) is 19.6 Å². The van der Waals surface area contributed by atoms with Crippen molar-refractivity contribution in [3.8, 4) is 0 Å². The van der Waals surface area contributed by atoms with Crippen LogP contribution in [0.2, 0.25) is 0 Å². The third-order valence-corrected chi connectivity index (χ3v) is 7.75. The summed E-state index contributed by atoms with van der Waals surface area (Å²) < 4.78 is 27.3. The molecule has 1 heterocycles. The third kappa shape index (κ3) is 7.42. The number of amides is 2. The Morgan fingerprint density at radius 1 is 1.03 bits per heavy atom. The van der Waals surface area contributed by atoms with Gasteiger partial charge >= 0.3 is 0 Å². The second kappa shape index (κ2) is 12.2. The molecular weight excluding hydrogens is 472 g/mol. The Morgan fingerprint density at radius 2 is 1.71 bits per heavy atom. The van der Waals surface area contributed by atoms with Crippen LogP contribution in [0.15, 0.2) is 75.9 Å². The smallest absolute Gasteiger partial charge is 0.245 e. The molecule has 10 heteroatoms. The number of hydrogen-bond acceptors (Lipinski definition) is 6. The Hall–Kier alpha value is -2.66. The molecule has 3 rings (SSSR count). The van der Waals surface area contributed by atoms with Crippen LogP contribution >= 0.6 is 11.8 Å². The van der Waals surface area contributed by atoms with E-state index in [9.17, 15) is 18.0 Å². The Labute approximate surface area is 205 Å². The van der Waals surface area contributed by atoms with Crippen molar-refractivity contribution < 1.29 is 18.0 Å². The van der Waals surface area contributed by atoms with Crippen LogP contribution in [0.4, 0.5) is 0 Å². The minimum atomic E-state index is -3.66. The first-order valence-electron chi connectivity index (χ1n) is 11.1. The van der Waals surface area contributed by atoms with E-state index in [1.54, 1.807) is 29.7 Å². The van der Waals surface area contributed by atoms with Crippen LogP contribution in [0.3, 0.4) is 0 Å². The zero-order chi connectivity index (χ0) is 24.4. The van der Waals surface area contributed by atoms with Crippen molar-refractivity contribution in [1.82, 2.24) is 20.7 Å². The highest BCUT2D eigenvalue weighted by Gasteiger charge is 2.40. The van der Waals surface area contributed by atoms with Crippen molar-refractivity contribution in [2.24, 2.45) is 0 Å². The fourth-order valence-corrected chi connectivity index (χ4v) is 5.24. The highest BCUT2D eigenvalue weighted by atomic mass is 32.2. The second-order valence-corrected chi connectivity index (χ2v) is 10.8. The van der Waals surface area contributed by atoms with E-state index in [2.05, 4.69) is 20.7 Å². The van der Waals surface area contributed by atoms with Crippen molar-refractivity contribution in [3.63, 3.8) is 0 Å². The highest BCUT2D eigenvalue weighted by Crippen LogP contribution is 2.20. The van der Waals surface area contributed by atoms with Crippen molar-refractivity contribution in [2.75, 3.05) is 26.2 Å². The van der Waals surface area contributed by atoms with E-state index >= 15 is 0 Å². The van der Waals surface area contributed by atoms with Gasteiger partial charge in [-0.15, -0.1) is 0 Å². The average molecular weight is 503 g/mol. The summed E-state index contributed by atoms with van der Waals surface area (Å²) in [6.45, 7) is 3.21. The first-order valence-corrected chi connectivity index (χ1v) is 13.4. The molecule has 0 saturated carbocycles. The molecule has 0 radical (unpaired) electrons. The summed E-state index contributed by atoms with van der Waals surface area (Å²) in [5.74, 6) is -0.665. The minimum absolute atomic E-state index is 0.0395. The number of carbonyl (C=O) groups is 2. The molecular formula is C24H30N4O4S2. The Bertz CT molecular complexity index is 1100. The lowest BCUT2D eigenvalue weighted by molar-refractivity contribution is -0.133. The molecule has 0 spiro atoms. The number of nitrogens with one attached hydrogen (secondary N) is 4. The van der Waals surface area contributed by atoms with E-state index < -0.39 is 15.6 Å². The number of aryl methyl sites for hydroxylation is 1. The number of hydrogen-bond donors (Lipinski definition) is 4. The summed E-state index contributed by atoms with van der Waals surface area (Å²) in [5.41, 5.74) is -0.0750. The maximum atomic E-state index is 13.0. The summed E-state index contributed by atoms with van der Waals surface area (Å²) in [5, 5.41) is 10.5. The lowest BCUT2D eigenvalue weighted by Gasteiger charge is -2.36. The molecule has 34 heavy (non-hydrogen) atoms. The summed E-state index contributed by atoms with van der Waals surface area (Å²) in [6, 6.07) is 16.2. The van der Waals surface area contributed by atoms with Gasteiger partial charge in [-0.2, -0.15) is 0 Å². The van der Waals surface area contributed by atoms with Gasteiger partial charge in [0.1, 0.15) is 5.54 Å². The highest BCUT2D eigenvalue weighted by molar-refractivity contribution is 8.02. The van der Waals surface area contributed by atoms with Crippen molar-refractivity contribution in [2.45, 2.75) is 35.1 Å². The molecule has 1 aliphatic rings. The number of thioether (sulfide) groups is 1. The van der Waals surface area contributed by atoms with Crippen LogP contribution in [0, 0.1) is 6.92 Å². The lowest BCUT2D eigenvalue weighted by atomic mass is 9.87. The maximum Gasteiger partial charge on any atom is 0.245 e. The first-order chi connectivity index (χ1) is 16.3. The monoisotopic (exact) mass is 502 g/mol. The Balaban J connectivity index is 1.53. The molecule has 182 valence electrons. The molecule has 0 atom stereocenters. The van der Waals surface area contributed by atoms with E-state index in [4.69, 9.17) is 0 Å².